The van der Waals surface area contributed by atoms with E-state index in [0.29, 0.717) is 18.5 Å². The molecule has 0 spiro atoms. The van der Waals surface area contributed by atoms with Gasteiger partial charge in [-0.3, -0.25) is 9.59 Å². The second-order valence-corrected chi connectivity index (χ2v) is 5.16. The summed E-state index contributed by atoms with van der Waals surface area (Å²) in [5.41, 5.74) is 1.97. The highest BCUT2D eigenvalue weighted by molar-refractivity contribution is 6.52. The minimum atomic E-state index is -0.648. The second kappa shape index (κ2) is 5.13. The fourth-order valence-corrected chi connectivity index (χ4v) is 2.62. The van der Waals surface area contributed by atoms with Crippen LogP contribution in [-0.2, 0) is 11.2 Å². The van der Waals surface area contributed by atoms with Crippen molar-refractivity contribution in [3.05, 3.63) is 65.0 Å². The van der Waals surface area contributed by atoms with E-state index in [-0.39, 0.29) is 11.3 Å². The van der Waals surface area contributed by atoms with Crippen LogP contribution in [0.5, 0.6) is 0 Å². The summed E-state index contributed by atoms with van der Waals surface area (Å²) in [5.74, 6) is -1.79. The summed E-state index contributed by atoms with van der Waals surface area (Å²) in [7, 11) is 0. The van der Waals surface area contributed by atoms with Gasteiger partial charge in [-0.15, -0.1) is 0 Å². The Morgan fingerprint density at radius 1 is 1.10 bits per heavy atom. The van der Waals surface area contributed by atoms with E-state index < -0.39 is 17.5 Å². The standard InChI is InChI=1S/C17H14FNO2/c1-11-9-13-15(14(18)10-11)19(17(21)16(13)20)8-7-12-5-3-2-4-6-12/h2-6,9-10H,7-8H2,1H3. The number of anilines is 1. The summed E-state index contributed by atoms with van der Waals surface area (Å²) in [5, 5.41) is 0. The van der Waals surface area contributed by atoms with Crippen molar-refractivity contribution in [2.45, 2.75) is 13.3 Å². The van der Waals surface area contributed by atoms with E-state index in [1.165, 1.54) is 11.0 Å². The maximum atomic E-state index is 14.1. The molecule has 0 aromatic heterocycles. The maximum Gasteiger partial charge on any atom is 0.299 e. The molecule has 0 saturated heterocycles. The summed E-state index contributed by atoms with van der Waals surface area (Å²) in [6, 6.07) is 12.5. The Labute approximate surface area is 122 Å². The Balaban J connectivity index is 1.91. The van der Waals surface area contributed by atoms with Crippen molar-refractivity contribution in [3.8, 4) is 0 Å². The van der Waals surface area contributed by atoms with Crippen LogP contribution in [0.4, 0.5) is 10.1 Å². The van der Waals surface area contributed by atoms with Gasteiger partial charge < -0.3 is 4.90 Å². The number of nitrogens with zero attached hydrogens (tertiary/aromatic N) is 1. The van der Waals surface area contributed by atoms with E-state index in [1.807, 2.05) is 30.3 Å². The number of halogens is 1. The SMILES string of the molecule is Cc1cc(F)c2c(c1)C(=O)C(=O)N2CCc1ccccc1. The Morgan fingerprint density at radius 3 is 2.52 bits per heavy atom. The lowest BCUT2D eigenvalue weighted by Crippen LogP contribution is -2.32. The van der Waals surface area contributed by atoms with Gasteiger partial charge in [0.15, 0.2) is 0 Å². The number of benzene rings is 2. The van der Waals surface area contributed by atoms with Gasteiger partial charge in [-0.2, -0.15) is 0 Å². The molecule has 0 aliphatic carbocycles. The summed E-state index contributed by atoms with van der Waals surface area (Å²) >= 11 is 0. The van der Waals surface area contributed by atoms with Gasteiger partial charge in [-0.05, 0) is 36.6 Å². The van der Waals surface area contributed by atoms with Crippen LogP contribution in [0.2, 0.25) is 0 Å². The van der Waals surface area contributed by atoms with Crippen LogP contribution >= 0.6 is 0 Å². The molecule has 0 radical (unpaired) electrons. The summed E-state index contributed by atoms with van der Waals surface area (Å²) in [4.78, 5) is 25.3. The highest BCUT2D eigenvalue weighted by atomic mass is 19.1. The molecule has 1 aliphatic rings. The molecule has 106 valence electrons. The molecule has 2 aromatic carbocycles. The maximum absolute atomic E-state index is 14.1. The van der Waals surface area contributed by atoms with E-state index in [1.54, 1.807) is 13.0 Å². The normalized spacial score (nSPS) is 13.7. The minimum Gasteiger partial charge on any atom is -0.302 e. The molecule has 0 saturated carbocycles. The van der Waals surface area contributed by atoms with Crippen LogP contribution in [0.25, 0.3) is 0 Å². The summed E-state index contributed by atoms with van der Waals surface area (Å²) in [6.45, 7) is 2.00. The van der Waals surface area contributed by atoms with Crippen molar-refractivity contribution in [2.75, 3.05) is 11.4 Å². The Morgan fingerprint density at radius 2 is 1.81 bits per heavy atom. The Hall–Kier alpha value is -2.49. The zero-order valence-electron chi connectivity index (χ0n) is 11.6. The lowest BCUT2D eigenvalue weighted by Gasteiger charge is -2.17. The number of Topliss-reactive ketones (excluding diaryl/α,β-unsaturated/α-hetero) is 1. The van der Waals surface area contributed by atoms with Crippen molar-refractivity contribution in [1.29, 1.82) is 0 Å². The van der Waals surface area contributed by atoms with E-state index >= 15 is 0 Å². The van der Waals surface area contributed by atoms with Crippen LogP contribution in [-0.4, -0.2) is 18.2 Å². The number of carbonyl (C=O) groups is 2. The zero-order valence-corrected chi connectivity index (χ0v) is 11.6. The average molecular weight is 283 g/mol. The first-order chi connectivity index (χ1) is 10.1. The molecule has 1 heterocycles. The third-order valence-electron chi connectivity index (χ3n) is 3.63. The van der Waals surface area contributed by atoms with Crippen molar-refractivity contribution in [3.63, 3.8) is 0 Å². The van der Waals surface area contributed by atoms with E-state index in [9.17, 15) is 14.0 Å². The van der Waals surface area contributed by atoms with Gasteiger partial charge in [0.1, 0.15) is 5.82 Å². The quantitative estimate of drug-likeness (QED) is 0.812. The predicted molar refractivity (Wildman–Crippen MR) is 78.0 cm³/mol. The van der Waals surface area contributed by atoms with Crippen LogP contribution < -0.4 is 4.90 Å². The monoisotopic (exact) mass is 283 g/mol. The van der Waals surface area contributed by atoms with Crippen molar-refractivity contribution in [2.24, 2.45) is 0 Å². The third kappa shape index (κ3) is 2.33. The largest absolute Gasteiger partial charge is 0.302 e. The number of hydrogen-bond acceptors (Lipinski definition) is 2. The molecule has 0 N–H and O–H groups in total. The van der Waals surface area contributed by atoms with E-state index in [4.69, 9.17) is 0 Å². The predicted octanol–water partition coefficient (Wildman–Crippen LogP) is 2.91. The lowest BCUT2D eigenvalue weighted by molar-refractivity contribution is -0.114. The van der Waals surface area contributed by atoms with Crippen molar-refractivity contribution >= 4 is 17.4 Å². The van der Waals surface area contributed by atoms with E-state index in [0.717, 1.165) is 5.56 Å². The van der Waals surface area contributed by atoms with Crippen molar-refractivity contribution < 1.29 is 14.0 Å². The molecule has 21 heavy (non-hydrogen) atoms. The molecule has 1 aliphatic heterocycles. The van der Waals surface area contributed by atoms with Crippen LogP contribution in [0.3, 0.4) is 0 Å². The molecule has 4 heteroatoms. The molecule has 2 aromatic rings. The number of fused-ring (bicyclic) bond motifs is 1. The first-order valence-electron chi connectivity index (χ1n) is 6.78. The number of ketones is 1. The molecule has 3 nitrogen and oxygen atoms in total. The minimum absolute atomic E-state index is 0.117. The highest BCUT2D eigenvalue weighted by Crippen LogP contribution is 2.32. The Kier molecular flexibility index (Phi) is 3.29. The molecular formula is C17H14FNO2. The molecule has 3 rings (SSSR count). The van der Waals surface area contributed by atoms with Gasteiger partial charge in [0.2, 0.25) is 0 Å². The fourth-order valence-electron chi connectivity index (χ4n) is 2.62. The van der Waals surface area contributed by atoms with Crippen LogP contribution in [0.1, 0.15) is 21.5 Å². The second-order valence-electron chi connectivity index (χ2n) is 5.16. The first-order valence-corrected chi connectivity index (χ1v) is 6.78. The highest BCUT2D eigenvalue weighted by Gasteiger charge is 2.37. The smallest absolute Gasteiger partial charge is 0.299 e. The number of rotatable bonds is 3. The third-order valence-corrected chi connectivity index (χ3v) is 3.63. The molecule has 0 fully saturated rings. The molecule has 0 atom stereocenters. The molecule has 0 unspecified atom stereocenters. The number of carbonyl (C=O) groups excluding carboxylic acids is 2. The topological polar surface area (TPSA) is 37.4 Å². The number of hydrogen-bond donors (Lipinski definition) is 0. The molecule has 1 amide bonds. The van der Waals surface area contributed by atoms with Gasteiger partial charge in [-0.1, -0.05) is 30.3 Å². The molecule has 0 bridgehead atoms. The van der Waals surface area contributed by atoms with Gasteiger partial charge in [0.25, 0.3) is 11.7 Å². The van der Waals surface area contributed by atoms with Gasteiger partial charge in [0.05, 0.1) is 11.3 Å². The summed E-state index contributed by atoms with van der Waals surface area (Å²) < 4.78 is 14.1. The number of amides is 1. The van der Waals surface area contributed by atoms with Gasteiger partial charge in [0, 0.05) is 6.54 Å². The number of aryl methyl sites for hydroxylation is 1. The first kappa shape index (κ1) is 13.5. The average Bonchev–Trinajstić information content (AvgIpc) is 2.71. The van der Waals surface area contributed by atoms with Crippen molar-refractivity contribution in [1.82, 2.24) is 0 Å². The van der Waals surface area contributed by atoms with Gasteiger partial charge >= 0.3 is 0 Å². The van der Waals surface area contributed by atoms with Crippen LogP contribution in [0.15, 0.2) is 42.5 Å². The van der Waals surface area contributed by atoms with Gasteiger partial charge in [-0.25, -0.2) is 4.39 Å². The van der Waals surface area contributed by atoms with E-state index in [2.05, 4.69) is 0 Å². The zero-order chi connectivity index (χ0) is 15.0. The lowest BCUT2D eigenvalue weighted by atomic mass is 10.1. The fraction of sp³-hybridized carbons (Fsp3) is 0.176. The Bertz CT molecular complexity index is 725. The summed E-state index contributed by atoms with van der Waals surface area (Å²) in [6.07, 6.45) is 0.576. The van der Waals surface area contributed by atoms with Crippen LogP contribution in [0, 0.1) is 12.7 Å². The molecular weight excluding hydrogens is 269 g/mol.